The summed E-state index contributed by atoms with van der Waals surface area (Å²) in [5, 5.41) is 0.494. The van der Waals surface area contributed by atoms with Crippen LogP contribution < -0.4 is 4.74 Å². The van der Waals surface area contributed by atoms with Gasteiger partial charge in [-0.15, -0.1) is 0 Å². The summed E-state index contributed by atoms with van der Waals surface area (Å²) >= 11 is 5.89. The lowest BCUT2D eigenvalue weighted by molar-refractivity contribution is 0.412. The Balaban J connectivity index is 2.27. The summed E-state index contributed by atoms with van der Waals surface area (Å²) in [7, 11) is 0. The van der Waals surface area contributed by atoms with E-state index in [4.69, 9.17) is 16.3 Å². The van der Waals surface area contributed by atoms with Crippen LogP contribution in [-0.4, -0.2) is 9.55 Å². The van der Waals surface area contributed by atoms with Crippen LogP contribution in [0.5, 0.6) is 11.8 Å². The maximum absolute atomic E-state index is 12.9. The van der Waals surface area contributed by atoms with E-state index in [1.807, 2.05) is 6.92 Å². The second-order valence-electron chi connectivity index (χ2n) is 3.17. The van der Waals surface area contributed by atoms with Crippen LogP contribution in [0, 0.1) is 5.82 Å². The highest BCUT2D eigenvalue weighted by molar-refractivity contribution is 6.29. The summed E-state index contributed by atoms with van der Waals surface area (Å²) < 4.78 is 20.0. The van der Waals surface area contributed by atoms with Gasteiger partial charge in [0.25, 0.3) is 0 Å². The molecular formula is C11H10ClFN2O. The fourth-order valence-electron chi connectivity index (χ4n) is 1.34. The average Bonchev–Trinajstić information content (AvgIpc) is 2.59. The van der Waals surface area contributed by atoms with Crippen molar-refractivity contribution in [2.24, 2.45) is 0 Å². The molecule has 0 aliphatic heterocycles. The molecule has 3 nitrogen and oxygen atoms in total. The van der Waals surface area contributed by atoms with Gasteiger partial charge in [-0.2, -0.15) is 0 Å². The monoisotopic (exact) mass is 240 g/mol. The highest BCUT2D eigenvalue weighted by atomic mass is 35.5. The first-order chi connectivity index (χ1) is 7.70. The Morgan fingerprint density at radius 1 is 1.50 bits per heavy atom. The van der Waals surface area contributed by atoms with Crippen LogP contribution >= 0.6 is 11.6 Å². The third-order valence-electron chi connectivity index (χ3n) is 2.09. The normalized spacial score (nSPS) is 10.4. The molecule has 0 bridgehead atoms. The first kappa shape index (κ1) is 11.0. The summed E-state index contributed by atoms with van der Waals surface area (Å²) in [4.78, 5) is 4.00. The Bertz CT molecular complexity index is 498. The van der Waals surface area contributed by atoms with Gasteiger partial charge in [0.2, 0.25) is 0 Å². The third-order valence-corrected chi connectivity index (χ3v) is 2.39. The fourth-order valence-corrected chi connectivity index (χ4v) is 1.58. The zero-order valence-electron chi connectivity index (χ0n) is 8.65. The molecule has 0 spiro atoms. The van der Waals surface area contributed by atoms with Gasteiger partial charge < -0.3 is 4.74 Å². The summed E-state index contributed by atoms with van der Waals surface area (Å²) in [5.41, 5.74) is 0. The summed E-state index contributed by atoms with van der Waals surface area (Å²) in [6.07, 6.45) is 1.50. The fraction of sp³-hybridized carbons (Fsp3) is 0.182. The van der Waals surface area contributed by atoms with Crippen molar-refractivity contribution >= 4 is 11.6 Å². The number of hydrogen-bond acceptors (Lipinski definition) is 2. The third kappa shape index (κ3) is 2.17. The molecule has 1 aromatic carbocycles. The molecule has 0 N–H and O–H groups in total. The van der Waals surface area contributed by atoms with Crippen LogP contribution in [0.2, 0.25) is 5.15 Å². The molecule has 0 saturated heterocycles. The minimum absolute atomic E-state index is 0.349. The second-order valence-corrected chi connectivity index (χ2v) is 3.55. The van der Waals surface area contributed by atoms with E-state index in [2.05, 4.69) is 4.98 Å². The van der Waals surface area contributed by atoms with Crippen LogP contribution in [0.3, 0.4) is 0 Å². The van der Waals surface area contributed by atoms with Crippen LogP contribution in [0.25, 0.3) is 0 Å². The van der Waals surface area contributed by atoms with E-state index in [-0.39, 0.29) is 5.82 Å². The molecule has 2 aromatic rings. The lowest BCUT2D eigenvalue weighted by Crippen LogP contribution is -1.98. The molecule has 16 heavy (non-hydrogen) atoms. The highest BCUT2D eigenvalue weighted by Gasteiger charge is 2.08. The molecule has 5 heteroatoms. The van der Waals surface area contributed by atoms with Crippen molar-refractivity contribution in [1.29, 1.82) is 0 Å². The maximum atomic E-state index is 12.9. The minimum Gasteiger partial charge on any atom is -0.425 e. The topological polar surface area (TPSA) is 27.1 Å². The second kappa shape index (κ2) is 4.53. The molecule has 0 saturated carbocycles. The van der Waals surface area contributed by atoms with Gasteiger partial charge in [0.1, 0.15) is 16.7 Å². The number of halogens is 2. The molecule has 1 aromatic heterocycles. The molecule has 0 fully saturated rings. The molecule has 1 heterocycles. The van der Waals surface area contributed by atoms with Crippen molar-refractivity contribution in [3.63, 3.8) is 0 Å². The molecule has 0 aliphatic carbocycles. The molecule has 0 aliphatic rings. The van der Waals surface area contributed by atoms with E-state index in [0.717, 1.165) is 0 Å². The Labute approximate surface area is 97.4 Å². The van der Waals surface area contributed by atoms with Crippen LogP contribution in [0.1, 0.15) is 6.92 Å². The Hall–Kier alpha value is -1.55. The maximum Gasteiger partial charge on any atom is 0.303 e. The highest BCUT2D eigenvalue weighted by Crippen LogP contribution is 2.23. The molecular weight excluding hydrogens is 231 g/mol. The van der Waals surface area contributed by atoms with Gasteiger partial charge in [-0.05, 0) is 19.1 Å². The van der Waals surface area contributed by atoms with E-state index in [9.17, 15) is 4.39 Å². The van der Waals surface area contributed by atoms with Crippen LogP contribution in [0.15, 0.2) is 30.5 Å². The number of aromatic nitrogens is 2. The molecule has 0 radical (unpaired) electrons. The first-order valence-corrected chi connectivity index (χ1v) is 5.23. The van der Waals surface area contributed by atoms with Gasteiger partial charge in [-0.3, -0.25) is 4.57 Å². The van der Waals surface area contributed by atoms with Crippen LogP contribution in [-0.2, 0) is 6.54 Å². The van der Waals surface area contributed by atoms with E-state index < -0.39 is 0 Å². The number of benzene rings is 1. The van der Waals surface area contributed by atoms with E-state index in [0.29, 0.717) is 23.5 Å². The number of rotatable bonds is 3. The summed E-state index contributed by atoms with van der Waals surface area (Å²) in [6.45, 7) is 2.56. The van der Waals surface area contributed by atoms with Crippen molar-refractivity contribution in [3.05, 3.63) is 41.4 Å². The Kier molecular flexibility index (Phi) is 3.10. The first-order valence-electron chi connectivity index (χ1n) is 4.85. The van der Waals surface area contributed by atoms with Gasteiger partial charge >= 0.3 is 6.01 Å². The number of hydrogen-bond donors (Lipinski definition) is 0. The SMILES string of the molecule is CCn1c(Cl)cnc1Oc1cccc(F)c1. The van der Waals surface area contributed by atoms with Crippen molar-refractivity contribution in [2.45, 2.75) is 13.5 Å². The van der Waals surface area contributed by atoms with Crippen molar-refractivity contribution in [1.82, 2.24) is 9.55 Å². The molecule has 0 atom stereocenters. The van der Waals surface area contributed by atoms with Crippen molar-refractivity contribution in [3.8, 4) is 11.8 Å². The van der Waals surface area contributed by atoms with Gasteiger partial charge in [-0.25, -0.2) is 9.37 Å². The predicted molar refractivity (Wildman–Crippen MR) is 59.4 cm³/mol. The average molecular weight is 241 g/mol. The zero-order chi connectivity index (χ0) is 11.5. The summed E-state index contributed by atoms with van der Waals surface area (Å²) in [5.74, 6) is 0.0511. The lowest BCUT2D eigenvalue weighted by atomic mass is 10.3. The van der Waals surface area contributed by atoms with E-state index in [1.165, 1.54) is 18.3 Å². The molecule has 0 amide bonds. The summed E-state index contributed by atoms with van der Waals surface area (Å²) in [6, 6.07) is 6.24. The predicted octanol–water partition coefficient (Wildman–Crippen LogP) is 3.49. The van der Waals surface area contributed by atoms with Crippen LogP contribution in [0.4, 0.5) is 4.39 Å². The molecule has 84 valence electrons. The number of ether oxygens (including phenoxy) is 1. The number of nitrogens with zero attached hydrogens (tertiary/aromatic N) is 2. The van der Waals surface area contributed by atoms with Crippen molar-refractivity contribution < 1.29 is 9.13 Å². The number of imidazole rings is 1. The molecule has 2 rings (SSSR count). The molecule has 0 unspecified atom stereocenters. The van der Waals surface area contributed by atoms with Gasteiger partial charge in [0, 0.05) is 12.6 Å². The van der Waals surface area contributed by atoms with Crippen molar-refractivity contribution in [2.75, 3.05) is 0 Å². The van der Waals surface area contributed by atoms with E-state index in [1.54, 1.807) is 16.7 Å². The van der Waals surface area contributed by atoms with E-state index >= 15 is 0 Å². The standard InChI is InChI=1S/C11H10ClFN2O/c1-2-15-10(12)7-14-11(15)16-9-5-3-4-8(13)6-9/h3-7H,2H2,1H3. The Morgan fingerprint density at radius 3 is 3.00 bits per heavy atom. The smallest absolute Gasteiger partial charge is 0.303 e. The van der Waals surface area contributed by atoms with Gasteiger partial charge in [-0.1, -0.05) is 17.7 Å². The lowest BCUT2D eigenvalue weighted by Gasteiger charge is -2.07. The minimum atomic E-state index is -0.349. The van der Waals surface area contributed by atoms with Gasteiger partial charge in [0.15, 0.2) is 0 Å². The zero-order valence-corrected chi connectivity index (χ0v) is 9.41. The van der Waals surface area contributed by atoms with Gasteiger partial charge in [0.05, 0.1) is 6.20 Å². The Morgan fingerprint density at radius 2 is 2.31 bits per heavy atom. The largest absolute Gasteiger partial charge is 0.425 e. The quantitative estimate of drug-likeness (QED) is 0.821.